The minimum absolute atomic E-state index is 0.148. The summed E-state index contributed by atoms with van der Waals surface area (Å²) in [6, 6.07) is 8.02. The van der Waals surface area contributed by atoms with Gasteiger partial charge in [0.25, 0.3) is 0 Å². The molecule has 0 aromatic heterocycles. The summed E-state index contributed by atoms with van der Waals surface area (Å²) in [5.41, 5.74) is 0. The Bertz CT molecular complexity index is 370. The third kappa shape index (κ3) is 6.62. The molecular formula is C17H28ClNO. The van der Waals surface area contributed by atoms with Gasteiger partial charge in [-0.2, -0.15) is 0 Å². The van der Waals surface area contributed by atoms with Gasteiger partial charge in [-0.1, -0.05) is 57.2 Å². The maximum Gasteiger partial charge on any atom is 0.121 e. The lowest BCUT2D eigenvalue weighted by Crippen LogP contribution is -2.41. The zero-order chi connectivity index (χ0) is 14.8. The van der Waals surface area contributed by atoms with Gasteiger partial charge < -0.3 is 10.1 Å². The second kappa shape index (κ2) is 10.1. The first-order valence-electron chi connectivity index (χ1n) is 7.83. The third-order valence-corrected chi connectivity index (χ3v) is 3.75. The summed E-state index contributed by atoms with van der Waals surface area (Å²) >= 11 is 5.99. The zero-order valence-electron chi connectivity index (χ0n) is 13.0. The van der Waals surface area contributed by atoms with E-state index in [-0.39, 0.29) is 6.10 Å². The van der Waals surface area contributed by atoms with Gasteiger partial charge in [0.15, 0.2) is 0 Å². The lowest BCUT2D eigenvalue weighted by Gasteiger charge is -2.26. The molecule has 2 unspecified atom stereocenters. The van der Waals surface area contributed by atoms with Crippen molar-refractivity contribution in [3.05, 3.63) is 29.3 Å². The van der Waals surface area contributed by atoms with Crippen molar-refractivity contribution in [3.8, 4) is 5.75 Å². The number of hydrogen-bond acceptors (Lipinski definition) is 2. The van der Waals surface area contributed by atoms with Crippen LogP contribution in [0.2, 0.25) is 5.02 Å². The molecule has 0 aliphatic heterocycles. The smallest absolute Gasteiger partial charge is 0.121 e. The van der Waals surface area contributed by atoms with Crippen molar-refractivity contribution in [2.45, 2.75) is 65.0 Å². The Morgan fingerprint density at radius 3 is 2.65 bits per heavy atom. The molecule has 0 fully saturated rings. The van der Waals surface area contributed by atoms with Gasteiger partial charge in [0, 0.05) is 11.1 Å². The van der Waals surface area contributed by atoms with Crippen molar-refractivity contribution in [3.63, 3.8) is 0 Å². The van der Waals surface area contributed by atoms with Crippen LogP contribution in [0.3, 0.4) is 0 Å². The molecule has 1 rings (SSSR count). The molecule has 0 saturated carbocycles. The molecule has 20 heavy (non-hydrogen) atoms. The Morgan fingerprint density at radius 1 is 1.20 bits per heavy atom. The molecule has 1 N–H and O–H groups in total. The molecular weight excluding hydrogens is 270 g/mol. The Labute approximate surface area is 128 Å². The van der Waals surface area contributed by atoms with Crippen LogP contribution in [0.15, 0.2) is 24.3 Å². The fraction of sp³-hybridized carbons (Fsp3) is 0.647. The molecule has 114 valence electrons. The van der Waals surface area contributed by atoms with Crippen LogP contribution >= 0.6 is 11.6 Å². The Kier molecular flexibility index (Phi) is 8.72. The van der Waals surface area contributed by atoms with Gasteiger partial charge in [0.1, 0.15) is 11.9 Å². The van der Waals surface area contributed by atoms with Gasteiger partial charge in [-0.15, -0.1) is 0 Å². The average Bonchev–Trinajstić information content (AvgIpc) is 2.42. The monoisotopic (exact) mass is 297 g/mol. The molecule has 0 aliphatic carbocycles. The average molecular weight is 298 g/mol. The minimum Gasteiger partial charge on any atom is -0.489 e. The summed E-state index contributed by atoms with van der Waals surface area (Å²) in [6.07, 6.45) is 6.48. The number of unbranched alkanes of at least 4 members (excludes halogenated alkanes) is 3. The molecule has 0 radical (unpaired) electrons. The second-order valence-electron chi connectivity index (χ2n) is 5.29. The highest BCUT2D eigenvalue weighted by Crippen LogP contribution is 2.20. The van der Waals surface area contributed by atoms with Crippen LogP contribution in [0.1, 0.15) is 52.9 Å². The van der Waals surface area contributed by atoms with Crippen molar-refractivity contribution in [2.75, 3.05) is 6.54 Å². The summed E-state index contributed by atoms with van der Waals surface area (Å²) in [5.74, 6) is 0.849. The Balaban J connectivity index is 2.48. The lowest BCUT2D eigenvalue weighted by atomic mass is 10.0. The van der Waals surface area contributed by atoms with E-state index in [4.69, 9.17) is 16.3 Å². The highest BCUT2D eigenvalue weighted by molar-refractivity contribution is 6.30. The lowest BCUT2D eigenvalue weighted by molar-refractivity contribution is 0.163. The van der Waals surface area contributed by atoms with Gasteiger partial charge in [-0.3, -0.25) is 0 Å². The molecule has 0 aliphatic rings. The van der Waals surface area contributed by atoms with E-state index in [0.29, 0.717) is 6.04 Å². The van der Waals surface area contributed by atoms with E-state index < -0.39 is 0 Å². The molecule has 2 atom stereocenters. The van der Waals surface area contributed by atoms with Gasteiger partial charge in [-0.05, 0) is 38.1 Å². The van der Waals surface area contributed by atoms with E-state index in [1.165, 1.54) is 25.7 Å². The molecule has 0 spiro atoms. The standard InChI is InChI=1S/C17H28ClNO/c1-4-6-7-8-12-17(19-5-2)14(3)20-16-11-9-10-15(18)13-16/h9-11,13-14,17,19H,4-8,12H2,1-3H3. The van der Waals surface area contributed by atoms with E-state index in [2.05, 4.69) is 26.1 Å². The summed E-state index contributed by atoms with van der Waals surface area (Å²) in [4.78, 5) is 0. The second-order valence-corrected chi connectivity index (χ2v) is 5.73. The van der Waals surface area contributed by atoms with Crippen molar-refractivity contribution in [2.24, 2.45) is 0 Å². The molecule has 3 heteroatoms. The molecule has 1 aromatic rings. The maximum atomic E-state index is 6.02. The van der Waals surface area contributed by atoms with Crippen LogP contribution in [-0.4, -0.2) is 18.7 Å². The molecule has 0 amide bonds. The van der Waals surface area contributed by atoms with E-state index >= 15 is 0 Å². The van der Waals surface area contributed by atoms with Crippen LogP contribution in [0.4, 0.5) is 0 Å². The van der Waals surface area contributed by atoms with E-state index in [0.717, 1.165) is 23.7 Å². The van der Waals surface area contributed by atoms with Gasteiger partial charge in [-0.25, -0.2) is 0 Å². The first kappa shape index (κ1) is 17.3. The largest absolute Gasteiger partial charge is 0.489 e. The summed E-state index contributed by atoms with van der Waals surface area (Å²) in [5, 5.41) is 4.26. The van der Waals surface area contributed by atoms with E-state index in [1.807, 2.05) is 24.3 Å². The summed E-state index contributed by atoms with van der Waals surface area (Å²) in [7, 11) is 0. The summed E-state index contributed by atoms with van der Waals surface area (Å²) < 4.78 is 6.02. The van der Waals surface area contributed by atoms with Crippen LogP contribution in [0.25, 0.3) is 0 Å². The van der Waals surface area contributed by atoms with Crippen molar-refractivity contribution >= 4 is 11.6 Å². The van der Waals surface area contributed by atoms with Crippen molar-refractivity contribution in [1.29, 1.82) is 0 Å². The topological polar surface area (TPSA) is 21.3 Å². The maximum absolute atomic E-state index is 6.02. The Hall–Kier alpha value is -0.730. The van der Waals surface area contributed by atoms with Crippen LogP contribution in [0, 0.1) is 0 Å². The molecule has 1 aromatic carbocycles. The van der Waals surface area contributed by atoms with Crippen molar-refractivity contribution < 1.29 is 4.74 Å². The summed E-state index contributed by atoms with van der Waals surface area (Å²) in [6.45, 7) is 7.49. The number of likely N-dealkylation sites (N-methyl/N-ethyl adjacent to an activating group) is 1. The molecule has 0 bridgehead atoms. The number of ether oxygens (including phenoxy) is 1. The number of halogens is 1. The fourth-order valence-electron chi connectivity index (χ4n) is 2.39. The zero-order valence-corrected chi connectivity index (χ0v) is 13.7. The number of hydrogen-bond donors (Lipinski definition) is 1. The molecule has 0 saturated heterocycles. The highest BCUT2D eigenvalue weighted by atomic mass is 35.5. The molecule has 2 nitrogen and oxygen atoms in total. The quantitative estimate of drug-likeness (QED) is 0.610. The van der Waals surface area contributed by atoms with E-state index in [9.17, 15) is 0 Å². The highest BCUT2D eigenvalue weighted by Gasteiger charge is 2.17. The number of nitrogens with one attached hydrogen (secondary N) is 1. The minimum atomic E-state index is 0.148. The SMILES string of the molecule is CCCCCCC(NCC)C(C)Oc1cccc(Cl)c1. The van der Waals surface area contributed by atoms with Crippen LogP contribution in [-0.2, 0) is 0 Å². The predicted octanol–water partition coefficient (Wildman–Crippen LogP) is 5.06. The van der Waals surface area contributed by atoms with E-state index in [1.54, 1.807) is 0 Å². The fourth-order valence-corrected chi connectivity index (χ4v) is 2.57. The number of rotatable bonds is 10. The first-order valence-corrected chi connectivity index (χ1v) is 8.20. The molecule has 0 heterocycles. The predicted molar refractivity (Wildman–Crippen MR) is 87.8 cm³/mol. The van der Waals surface area contributed by atoms with Crippen LogP contribution in [0.5, 0.6) is 5.75 Å². The van der Waals surface area contributed by atoms with Crippen LogP contribution < -0.4 is 10.1 Å². The Morgan fingerprint density at radius 2 is 2.00 bits per heavy atom. The van der Waals surface area contributed by atoms with Gasteiger partial charge in [0.05, 0.1) is 0 Å². The van der Waals surface area contributed by atoms with Gasteiger partial charge in [0.2, 0.25) is 0 Å². The van der Waals surface area contributed by atoms with Gasteiger partial charge >= 0.3 is 0 Å². The third-order valence-electron chi connectivity index (χ3n) is 3.52. The number of benzene rings is 1. The normalized spacial score (nSPS) is 14.0. The first-order chi connectivity index (χ1) is 9.67. The van der Waals surface area contributed by atoms with Crippen molar-refractivity contribution in [1.82, 2.24) is 5.32 Å².